The molecule has 0 spiro atoms. The van der Waals surface area contributed by atoms with Crippen molar-refractivity contribution in [3.8, 4) is 5.75 Å². The molecule has 0 fully saturated rings. The summed E-state index contributed by atoms with van der Waals surface area (Å²) in [4.78, 5) is 14.3. The van der Waals surface area contributed by atoms with Crippen LogP contribution in [-0.4, -0.2) is 36.3 Å². The summed E-state index contributed by atoms with van der Waals surface area (Å²) < 4.78 is 5.25. The molecule has 2 rings (SSSR count). The van der Waals surface area contributed by atoms with E-state index in [-0.39, 0.29) is 12.6 Å². The summed E-state index contributed by atoms with van der Waals surface area (Å²) in [6, 6.07) is 12.1. The molecule has 7 heteroatoms. The monoisotopic (exact) mass is 382 g/mol. The summed E-state index contributed by atoms with van der Waals surface area (Å²) in [5, 5.41) is 12.8. The predicted molar refractivity (Wildman–Crippen MR) is 101 cm³/mol. The second-order valence-corrected chi connectivity index (χ2v) is 6.19. The molecular formula is C18H20Cl2N2O3. The maximum absolute atomic E-state index is 12.7. The Labute approximate surface area is 157 Å². The third-order valence-electron chi connectivity index (χ3n) is 3.58. The summed E-state index contributed by atoms with van der Waals surface area (Å²) in [5.41, 5.74) is 1.43. The van der Waals surface area contributed by atoms with Gasteiger partial charge in [-0.25, -0.2) is 4.79 Å². The fraction of sp³-hybridized carbons (Fsp3) is 0.278. The number of amides is 2. The van der Waals surface area contributed by atoms with Crippen LogP contribution in [0, 0.1) is 0 Å². The lowest BCUT2D eigenvalue weighted by molar-refractivity contribution is 0.199. The number of nitrogens with zero attached hydrogens (tertiary/aromatic N) is 1. The van der Waals surface area contributed by atoms with E-state index in [1.54, 1.807) is 36.3 Å². The van der Waals surface area contributed by atoms with Gasteiger partial charge in [0, 0.05) is 19.7 Å². The van der Waals surface area contributed by atoms with Gasteiger partial charge in [0.2, 0.25) is 0 Å². The van der Waals surface area contributed by atoms with Gasteiger partial charge in [-0.15, -0.1) is 0 Å². The molecule has 0 aliphatic heterocycles. The second kappa shape index (κ2) is 9.51. The molecular weight excluding hydrogens is 363 g/mol. The Morgan fingerprint density at radius 2 is 1.96 bits per heavy atom. The number of nitrogens with one attached hydrogen (secondary N) is 1. The number of anilines is 1. The van der Waals surface area contributed by atoms with Crippen LogP contribution in [-0.2, 0) is 6.54 Å². The lowest BCUT2D eigenvalue weighted by atomic mass is 10.2. The normalized spacial score (nSPS) is 10.4. The van der Waals surface area contributed by atoms with E-state index in [0.717, 1.165) is 5.56 Å². The van der Waals surface area contributed by atoms with Crippen molar-refractivity contribution < 1.29 is 14.6 Å². The molecule has 134 valence electrons. The number of urea groups is 1. The van der Waals surface area contributed by atoms with Crippen molar-refractivity contribution in [3.63, 3.8) is 0 Å². The van der Waals surface area contributed by atoms with Gasteiger partial charge in [0.1, 0.15) is 5.75 Å². The van der Waals surface area contributed by atoms with Crippen molar-refractivity contribution >= 4 is 34.9 Å². The first-order valence-corrected chi connectivity index (χ1v) is 8.54. The fourth-order valence-electron chi connectivity index (χ4n) is 2.31. The number of hydrogen-bond donors (Lipinski definition) is 2. The van der Waals surface area contributed by atoms with E-state index in [9.17, 15) is 4.79 Å². The van der Waals surface area contributed by atoms with Gasteiger partial charge in [-0.3, -0.25) is 0 Å². The van der Waals surface area contributed by atoms with Gasteiger partial charge in [-0.05, 0) is 36.2 Å². The minimum atomic E-state index is -0.288. The second-order valence-electron chi connectivity index (χ2n) is 5.38. The topological polar surface area (TPSA) is 61.8 Å². The van der Waals surface area contributed by atoms with Gasteiger partial charge < -0.3 is 20.1 Å². The zero-order valence-electron chi connectivity index (χ0n) is 13.8. The first-order chi connectivity index (χ1) is 12.0. The van der Waals surface area contributed by atoms with E-state index in [1.165, 1.54) is 0 Å². The molecule has 0 heterocycles. The van der Waals surface area contributed by atoms with Gasteiger partial charge in [0.05, 0.1) is 22.8 Å². The minimum absolute atomic E-state index is 0.000186. The van der Waals surface area contributed by atoms with Crippen LogP contribution in [0.5, 0.6) is 5.75 Å². The van der Waals surface area contributed by atoms with Crippen LogP contribution in [0.1, 0.15) is 12.0 Å². The number of aliphatic hydroxyl groups is 1. The molecule has 2 N–H and O–H groups in total. The Morgan fingerprint density at radius 3 is 2.64 bits per heavy atom. The van der Waals surface area contributed by atoms with Crippen LogP contribution in [0.3, 0.4) is 0 Å². The summed E-state index contributed by atoms with van der Waals surface area (Å²) in [6.45, 7) is 0.745. The third-order valence-corrected chi connectivity index (χ3v) is 4.32. The van der Waals surface area contributed by atoms with Crippen molar-refractivity contribution in [3.05, 3.63) is 58.1 Å². The smallest absolute Gasteiger partial charge is 0.322 e. The molecule has 0 saturated heterocycles. The number of aliphatic hydroxyl groups excluding tert-OH is 1. The van der Waals surface area contributed by atoms with Gasteiger partial charge >= 0.3 is 6.03 Å². The van der Waals surface area contributed by atoms with Crippen molar-refractivity contribution in [1.29, 1.82) is 0 Å². The van der Waals surface area contributed by atoms with E-state index in [4.69, 9.17) is 33.0 Å². The molecule has 0 aliphatic carbocycles. The average molecular weight is 383 g/mol. The zero-order valence-corrected chi connectivity index (χ0v) is 15.3. The maximum Gasteiger partial charge on any atom is 0.322 e. The number of hydrogen-bond acceptors (Lipinski definition) is 3. The van der Waals surface area contributed by atoms with E-state index in [2.05, 4.69) is 5.32 Å². The summed E-state index contributed by atoms with van der Waals surface area (Å²) in [6.07, 6.45) is 0.473. The van der Waals surface area contributed by atoms with Gasteiger partial charge in [0.25, 0.3) is 0 Å². The van der Waals surface area contributed by atoms with E-state index in [0.29, 0.717) is 41.0 Å². The summed E-state index contributed by atoms with van der Waals surface area (Å²) in [7, 11) is 1.55. The Kier molecular flexibility index (Phi) is 7.37. The Morgan fingerprint density at radius 1 is 1.20 bits per heavy atom. The number of halogens is 2. The Bertz CT molecular complexity index is 725. The molecule has 2 aromatic rings. The predicted octanol–water partition coefficient (Wildman–Crippen LogP) is 4.42. The average Bonchev–Trinajstić information content (AvgIpc) is 2.62. The fourth-order valence-corrected chi connectivity index (χ4v) is 2.64. The highest BCUT2D eigenvalue weighted by Gasteiger charge is 2.16. The molecule has 0 radical (unpaired) electrons. The van der Waals surface area contributed by atoms with Crippen molar-refractivity contribution in [2.24, 2.45) is 0 Å². The van der Waals surface area contributed by atoms with Crippen molar-refractivity contribution in [2.45, 2.75) is 13.0 Å². The Balaban J connectivity index is 2.14. The van der Waals surface area contributed by atoms with Crippen LogP contribution in [0.15, 0.2) is 42.5 Å². The van der Waals surface area contributed by atoms with E-state index in [1.807, 2.05) is 18.2 Å². The van der Waals surface area contributed by atoms with Crippen LogP contribution in [0.2, 0.25) is 10.0 Å². The van der Waals surface area contributed by atoms with Crippen LogP contribution in [0.25, 0.3) is 0 Å². The standard InChI is InChI=1S/C18H20Cl2N2O3/c1-25-17-6-3-2-5-16(17)21-18(24)22(9-4-10-23)12-13-7-8-14(19)15(20)11-13/h2-3,5-8,11,23H,4,9-10,12H2,1H3,(H,21,24). The number of benzene rings is 2. The van der Waals surface area contributed by atoms with Gasteiger partial charge in [-0.1, -0.05) is 41.4 Å². The highest BCUT2D eigenvalue weighted by Crippen LogP contribution is 2.25. The zero-order chi connectivity index (χ0) is 18.2. The first kappa shape index (κ1) is 19.4. The van der Waals surface area contributed by atoms with Crippen LogP contribution >= 0.6 is 23.2 Å². The molecule has 0 saturated carbocycles. The quantitative estimate of drug-likeness (QED) is 0.744. The number of rotatable bonds is 7. The number of ether oxygens (including phenoxy) is 1. The van der Waals surface area contributed by atoms with E-state index >= 15 is 0 Å². The maximum atomic E-state index is 12.7. The number of carbonyl (C=O) groups excluding carboxylic acids is 1. The van der Waals surface area contributed by atoms with Gasteiger partial charge in [-0.2, -0.15) is 0 Å². The number of carbonyl (C=O) groups is 1. The molecule has 0 unspecified atom stereocenters. The lowest BCUT2D eigenvalue weighted by Gasteiger charge is -2.23. The number of methoxy groups -OCH3 is 1. The molecule has 5 nitrogen and oxygen atoms in total. The van der Waals surface area contributed by atoms with Crippen LogP contribution in [0.4, 0.5) is 10.5 Å². The van der Waals surface area contributed by atoms with Crippen molar-refractivity contribution in [2.75, 3.05) is 25.6 Å². The van der Waals surface area contributed by atoms with Crippen molar-refractivity contribution in [1.82, 2.24) is 4.90 Å². The lowest BCUT2D eigenvalue weighted by Crippen LogP contribution is -2.35. The van der Waals surface area contributed by atoms with E-state index < -0.39 is 0 Å². The van der Waals surface area contributed by atoms with Crippen LogP contribution < -0.4 is 10.1 Å². The summed E-state index contributed by atoms with van der Waals surface area (Å²) >= 11 is 12.0. The molecule has 2 aromatic carbocycles. The Hall–Kier alpha value is -1.95. The molecule has 2 amide bonds. The molecule has 0 aromatic heterocycles. The highest BCUT2D eigenvalue weighted by molar-refractivity contribution is 6.42. The molecule has 25 heavy (non-hydrogen) atoms. The highest BCUT2D eigenvalue weighted by atomic mass is 35.5. The number of para-hydroxylation sites is 2. The molecule has 0 aliphatic rings. The SMILES string of the molecule is COc1ccccc1NC(=O)N(CCCO)Cc1ccc(Cl)c(Cl)c1. The minimum Gasteiger partial charge on any atom is -0.495 e. The molecule has 0 atom stereocenters. The largest absolute Gasteiger partial charge is 0.495 e. The first-order valence-electron chi connectivity index (χ1n) is 7.79. The van der Waals surface area contributed by atoms with Gasteiger partial charge in [0.15, 0.2) is 0 Å². The third kappa shape index (κ3) is 5.53. The summed E-state index contributed by atoms with van der Waals surface area (Å²) in [5.74, 6) is 0.576. The molecule has 0 bridgehead atoms.